The van der Waals surface area contributed by atoms with Crippen LogP contribution in [0.4, 0.5) is 32.0 Å². The van der Waals surface area contributed by atoms with E-state index in [0.717, 1.165) is 18.8 Å². The number of carbonyl (C=O) groups is 2. The highest BCUT2D eigenvalue weighted by Crippen LogP contribution is 2.24. The van der Waals surface area contributed by atoms with Crippen LogP contribution < -0.4 is 11.1 Å². The monoisotopic (exact) mass is 376 g/mol. The Balaban J connectivity index is 0.000000366. The smallest absolute Gasteiger partial charge is 0.475 e. The zero-order chi connectivity index (χ0) is 19.8. The standard InChI is InChI=1S/C9H12N2.2C2HF3O2/c10-9-4-2-1-3-8(9)7-5-11-6-7;2*3-2(4,5)1(6)7/h1-4,7,11H,5-6,10H2;2*(H,6,7). The van der Waals surface area contributed by atoms with Crippen LogP contribution in [0.1, 0.15) is 11.5 Å². The number of nitrogen functional groups attached to an aromatic ring is 1. The van der Waals surface area contributed by atoms with Crippen LogP contribution in [0, 0.1) is 0 Å². The summed E-state index contributed by atoms with van der Waals surface area (Å²) in [5.74, 6) is -4.86. The molecule has 0 amide bonds. The molecular formula is C13H14F6N2O4. The molecule has 1 aromatic rings. The molecule has 1 saturated heterocycles. The summed E-state index contributed by atoms with van der Waals surface area (Å²) in [7, 11) is 0. The second kappa shape index (κ2) is 9.11. The van der Waals surface area contributed by atoms with Gasteiger partial charge in [0.25, 0.3) is 0 Å². The van der Waals surface area contributed by atoms with Gasteiger partial charge in [-0.1, -0.05) is 18.2 Å². The predicted molar refractivity (Wildman–Crippen MR) is 73.8 cm³/mol. The van der Waals surface area contributed by atoms with E-state index in [2.05, 4.69) is 11.4 Å². The van der Waals surface area contributed by atoms with E-state index in [9.17, 15) is 26.3 Å². The summed E-state index contributed by atoms with van der Waals surface area (Å²) < 4.78 is 63.5. The maximum atomic E-state index is 10.6. The number of carboxylic acids is 2. The van der Waals surface area contributed by atoms with Gasteiger partial charge in [-0.2, -0.15) is 26.3 Å². The summed E-state index contributed by atoms with van der Waals surface area (Å²) in [4.78, 5) is 17.8. The van der Waals surface area contributed by atoms with Crippen LogP contribution in [0.2, 0.25) is 0 Å². The summed E-state index contributed by atoms with van der Waals surface area (Å²) in [6.07, 6.45) is -10.2. The number of hydrogen-bond donors (Lipinski definition) is 4. The summed E-state index contributed by atoms with van der Waals surface area (Å²) in [5.41, 5.74) is 8.03. The number of alkyl halides is 6. The lowest BCUT2D eigenvalue weighted by molar-refractivity contribution is -0.193. The molecule has 0 atom stereocenters. The topological polar surface area (TPSA) is 113 Å². The first-order chi connectivity index (χ1) is 11.3. The Labute approximate surface area is 137 Å². The van der Waals surface area contributed by atoms with Crippen molar-refractivity contribution < 1.29 is 46.1 Å². The minimum Gasteiger partial charge on any atom is -0.475 e. The van der Waals surface area contributed by atoms with Gasteiger partial charge in [-0.05, 0) is 11.6 Å². The van der Waals surface area contributed by atoms with Crippen molar-refractivity contribution >= 4 is 17.6 Å². The summed E-state index contributed by atoms with van der Waals surface area (Å²) in [6.45, 7) is 2.16. The zero-order valence-corrected chi connectivity index (χ0v) is 12.4. The van der Waals surface area contributed by atoms with Crippen molar-refractivity contribution in [1.82, 2.24) is 5.32 Å². The van der Waals surface area contributed by atoms with E-state index in [1.807, 2.05) is 18.2 Å². The van der Waals surface area contributed by atoms with E-state index in [0.29, 0.717) is 5.92 Å². The van der Waals surface area contributed by atoms with Gasteiger partial charge in [0.2, 0.25) is 0 Å². The molecule has 0 aromatic heterocycles. The van der Waals surface area contributed by atoms with E-state index in [-0.39, 0.29) is 0 Å². The molecule has 0 bridgehead atoms. The van der Waals surface area contributed by atoms with Gasteiger partial charge in [0.15, 0.2) is 0 Å². The van der Waals surface area contributed by atoms with Gasteiger partial charge < -0.3 is 21.3 Å². The number of halogens is 6. The molecule has 0 aliphatic carbocycles. The van der Waals surface area contributed by atoms with Crippen molar-refractivity contribution in [3.8, 4) is 0 Å². The number of para-hydroxylation sites is 1. The average molecular weight is 376 g/mol. The normalized spacial score (nSPS) is 14.2. The molecule has 142 valence electrons. The van der Waals surface area contributed by atoms with Crippen molar-refractivity contribution in [3.63, 3.8) is 0 Å². The first-order valence-electron chi connectivity index (χ1n) is 6.42. The lowest BCUT2D eigenvalue weighted by Gasteiger charge is -2.28. The molecule has 1 heterocycles. The first-order valence-corrected chi connectivity index (χ1v) is 6.42. The third kappa shape index (κ3) is 8.79. The molecule has 0 saturated carbocycles. The highest BCUT2D eigenvalue weighted by molar-refractivity contribution is 5.73. The lowest BCUT2D eigenvalue weighted by Crippen LogP contribution is -2.40. The third-order valence-electron chi connectivity index (χ3n) is 2.70. The van der Waals surface area contributed by atoms with Crippen LogP contribution in [0.15, 0.2) is 24.3 Å². The van der Waals surface area contributed by atoms with Crippen molar-refractivity contribution in [1.29, 1.82) is 0 Å². The molecule has 1 fully saturated rings. The maximum Gasteiger partial charge on any atom is 0.490 e. The maximum absolute atomic E-state index is 10.6. The number of rotatable bonds is 1. The SMILES string of the molecule is Nc1ccccc1C1CNC1.O=C(O)C(F)(F)F.O=C(O)C(F)(F)F. The summed E-state index contributed by atoms with van der Waals surface area (Å²) in [5, 5.41) is 17.5. The Kier molecular flexibility index (Phi) is 8.20. The van der Waals surface area contributed by atoms with Crippen LogP contribution in [-0.2, 0) is 9.59 Å². The number of benzene rings is 1. The van der Waals surface area contributed by atoms with Crippen molar-refractivity contribution in [2.45, 2.75) is 18.3 Å². The average Bonchev–Trinajstić information content (AvgIpc) is 2.38. The molecule has 25 heavy (non-hydrogen) atoms. The fourth-order valence-corrected chi connectivity index (χ4v) is 1.39. The van der Waals surface area contributed by atoms with Gasteiger partial charge in [0.05, 0.1) is 0 Å². The molecule has 0 spiro atoms. The van der Waals surface area contributed by atoms with E-state index in [1.54, 1.807) is 0 Å². The molecular weight excluding hydrogens is 362 g/mol. The minimum absolute atomic E-state index is 0.649. The molecule has 1 aliphatic heterocycles. The largest absolute Gasteiger partial charge is 0.490 e. The highest BCUT2D eigenvalue weighted by atomic mass is 19.4. The second-order valence-corrected chi connectivity index (χ2v) is 4.59. The highest BCUT2D eigenvalue weighted by Gasteiger charge is 2.38. The summed E-state index contributed by atoms with van der Waals surface area (Å²) in [6, 6.07) is 8.10. The number of hydrogen-bond acceptors (Lipinski definition) is 4. The minimum atomic E-state index is -5.08. The Morgan fingerprint density at radius 2 is 1.32 bits per heavy atom. The van der Waals surface area contributed by atoms with Gasteiger partial charge in [-0.25, -0.2) is 9.59 Å². The van der Waals surface area contributed by atoms with Crippen LogP contribution >= 0.6 is 0 Å². The molecule has 0 radical (unpaired) electrons. The van der Waals surface area contributed by atoms with Crippen molar-refractivity contribution in [2.24, 2.45) is 0 Å². The Morgan fingerprint density at radius 3 is 1.56 bits per heavy atom. The third-order valence-corrected chi connectivity index (χ3v) is 2.70. The lowest BCUT2D eigenvalue weighted by atomic mass is 9.92. The fourth-order valence-electron chi connectivity index (χ4n) is 1.39. The van der Waals surface area contributed by atoms with Gasteiger partial charge in [0.1, 0.15) is 0 Å². The number of carboxylic acid groups (broad SMARTS) is 2. The molecule has 12 heteroatoms. The van der Waals surface area contributed by atoms with E-state index < -0.39 is 24.3 Å². The molecule has 0 unspecified atom stereocenters. The van der Waals surface area contributed by atoms with Crippen molar-refractivity contribution in [2.75, 3.05) is 18.8 Å². The van der Waals surface area contributed by atoms with Crippen LogP contribution in [0.25, 0.3) is 0 Å². The first kappa shape index (κ1) is 22.5. The number of aliphatic carboxylic acids is 2. The number of nitrogens with two attached hydrogens (primary N) is 1. The molecule has 1 aliphatic rings. The van der Waals surface area contributed by atoms with E-state index in [1.165, 1.54) is 5.56 Å². The molecule has 6 nitrogen and oxygen atoms in total. The molecule has 2 rings (SSSR count). The van der Waals surface area contributed by atoms with Gasteiger partial charge in [-0.15, -0.1) is 0 Å². The van der Waals surface area contributed by atoms with Crippen LogP contribution in [0.3, 0.4) is 0 Å². The number of nitrogens with one attached hydrogen (secondary N) is 1. The second-order valence-electron chi connectivity index (χ2n) is 4.59. The Morgan fingerprint density at radius 1 is 0.960 bits per heavy atom. The molecule has 1 aromatic carbocycles. The van der Waals surface area contributed by atoms with E-state index >= 15 is 0 Å². The number of anilines is 1. The van der Waals surface area contributed by atoms with Gasteiger partial charge in [0, 0.05) is 24.7 Å². The van der Waals surface area contributed by atoms with Gasteiger partial charge in [-0.3, -0.25) is 0 Å². The quantitative estimate of drug-likeness (QED) is 0.442. The Bertz CT molecular complexity index is 561. The van der Waals surface area contributed by atoms with Gasteiger partial charge >= 0.3 is 24.3 Å². The fraction of sp³-hybridized carbons (Fsp3) is 0.385. The van der Waals surface area contributed by atoms with Crippen LogP contribution in [-0.4, -0.2) is 47.6 Å². The molecule has 5 N–H and O–H groups in total. The zero-order valence-electron chi connectivity index (χ0n) is 12.4. The van der Waals surface area contributed by atoms with Crippen LogP contribution in [0.5, 0.6) is 0 Å². The predicted octanol–water partition coefficient (Wildman–Crippen LogP) is 2.22. The Hall–Kier alpha value is -2.50. The van der Waals surface area contributed by atoms with Crippen molar-refractivity contribution in [3.05, 3.63) is 29.8 Å². The summed E-state index contributed by atoms with van der Waals surface area (Å²) >= 11 is 0. The van der Waals surface area contributed by atoms with E-state index in [4.69, 9.17) is 25.5 Å².